The predicted molar refractivity (Wildman–Crippen MR) is 72.6 cm³/mol. The molecule has 4 heteroatoms. The van der Waals surface area contributed by atoms with Crippen molar-refractivity contribution in [2.75, 3.05) is 5.32 Å². The van der Waals surface area contributed by atoms with Crippen molar-refractivity contribution in [2.45, 2.75) is 39.2 Å². The minimum Gasteiger partial charge on any atom is -0.328 e. The first-order valence-electron chi connectivity index (χ1n) is 6.15. The molecule has 1 rings (SSSR count). The van der Waals surface area contributed by atoms with Gasteiger partial charge in [-0.2, -0.15) is 0 Å². The largest absolute Gasteiger partial charge is 0.328 e. The molecule has 18 heavy (non-hydrogen) atoms. The molecule has 1 amide bonds. The Balaban J connectivity index is 2.42. The maximum Gasteiger partial charge on any atom is 0.224 e. The summed E-state index contributed by atoms with van der Waals surface area (Å²) in [5.41, 5.74) is 6.97. The molecule has 1 aromatic rings. The van der Waals surface area contributed by atoms with Crippen LogP contribution in [0, 0.1) is 0 Å². The zero-order valence-electron chi connectivity index (χ0n) is 10.9. The van der Waals surface area contributed by atoms with Crippen LogP contribution in [0.5, 0.6) is 0 Å². The second kappa shape index (κ2) is 6.91. The number of nitrogens with two attached hydrogens (primary N) is 1. The number of benzene rings is 1. The Labute approximate surface area is 108 Å². The third kappa shape index (κ3) is 5.10. The first kappa shape index (κ1) is 14.4. The molecule has 1 unspecified atom stereocenters. The van der Waals surface area contributed by atoms with Crippen LogP contribution in [-0.2, 0) is 4.79 Å². The summed E-state index contributed by atoms with van der Waals surface area (Å²) in [6.45, 7) is 3.44. The predicted octanol–water partition coefficient (Wildman–Crippen LogP) is 2.35. The van der Waals surface area contributed by atoms with E-state index in [9.17, 15) is 9.59 Å². The second-order valence-electron chi connectivity index (χ2n) is 4.55. The minimum absolute atomic E-state index is 0.0183. The van der Waals surface area contributed by atoms with Gasteiger partial charge in [0.1, 0.15) is 0 Å². The molecule has 0 aliphatic heterocycles. The molecule has 3 N–H and O–H groups in total. The highest BCUT2D eigenvalue weighted by Crippen LogP contribution is 2.11. The molecule has 4 nitrogen and oxygen atoms in total. The Morgan fingerprint density at radius 1 is 1.28 bits per heavy atom. The number of rotatable bonds is 6. The number of hydrogen-bond acceptors (Lipinski definition) is 3. The van der Waals surface area contributed by atoms with Gasteiger partial charge in [0.15, 0.2) is 5.78 Å². The number of hydrogen-bond donors (Lipinski definition) is 2. The molecular weight excluding hydrogens is 228 g/mol. The van der Waals surface area contributed by atoms with Gasteiger partial charge in [-0.3, -0.25) is 9.59 Å². The number of ketones is 1. The van der Waals surface area contributed by atoms with Crippen molar-refractivity contribution in [3.63, 3.8) is 0 Å². The minimum atomic E-state index is -0.0220. The summed E-state index contributed by atoms with van der Waals surface area (Å²) in [7, 11) is 0. The average Bonchev–Trinajstić information content (AvgIpc) is 2.29. The van der Waals surface area contributed by atoms with Crippen molar-refractivity contribution in [2.24, 2.45) is 5.73 Å². The molecule has 0 aliphatic rings. The third-order valence-corrected chi connectivity index (χ3v) is 2.64. The lowest BCUT2D eigenvalue weighted by Crippen LogP contribution is -2.16. The van der Waals surface area contributed by atoms with Crippen molar-refractivity contribution in [3.05, 3.63) is 29.8 Å². The van der Waals surface area contributed by atoms with Crippen molar-refractivity contribution < 1.29 is 9.59 Å². The lowest BCUT2D eigenvalue weighted by Gasteiger charge is -2.07. The maximum absolute atomic E-state index is 11.6. The van der Waals surface area contributed by atoms with Gasteiger partial charge in [0.25, 0.3) is 0 Å². The molecule has 0 heterocycles. The normalized spacial score (nSPS) is 11.9. The van der Waals surface area contributed by atoms with Crippen LogP contribution in [0.25, 0.3) is 0 Å². The number of Topliss-reactive ketones (excluding diaryl/α,β-unsaturated/α-hetero) is 1. The number of amides is 1. The second-order valence-corrected chi connectivity index (χ2v) is 4.55. The average molecular weight is 248 g/mol. The van der Waals surface area contributed by atoms with Crippen LogP contribution in [0.4, 0.5) is 5.69 Å². The Morgan fingerprint density at radius 3 is 2.39 bits per heavy atom. The molecule has 0 bridgehead atoms. The van der Waals surface area contributed by atoms with E-state index in [1.54, 1.807) is 24.3 Å². The fourth-order valence-electron chi connectivity index (χ4n) is 1.60. The fraction of sp³-hybridized carbons (Fsp3) is 0.429. The summed E-state index contributed by atoms with van der Waals surface area (Å²) in [5, 5.41) is 2.79. The standard InChI is InChI=1S/C14H20N2O2/c1-10(15)4-3-5-14(18)16-13-8-6-12(7-9-13)11(2)17/h6-10H,3-5,15H2,1-2H3,(H,16,18). The van der Waals surface area contributed by atoms with Crippen molar-refractivity contribution >= 4 is 17.4 Å². The molecule has 0 fully saturated rings. The van der Waals surface area contributed by atoms with E-state index in [1.165, 1.54) is 6.92 Å². The van der Waals surface area contributed by atoms with Crippen LogP contribution in [0.2, 0.25) is 0 Å². The number of carbonyl (C=O) groups excluding carboxylic acids is 2. The number of nitrogens with one attached hydrogen (secondary N) is 1. The quantitative estimate of drug-likeness (QED) is 0.759. The highest BCUT2D eigenvalue weighted by Gasteiger charge is 2.04. The lowest BCUT2D eigenvalue weighted by molar-refractivity contribution is -0.116. The Morgan fingerprint density at radius 2 is 1.89 bits per heavy atom. The zero-order valence-corrected chi connectivity index (χ0v) is 10.9. The molecule has 1 aromatic carbocycles. The van der Waals surface area contributed by atoms with Gasteiger partial charge in [0.05, 0.1) is 0 Å². The summed E-state index contributed by atoms with van der Waals surface area (Å²) in [6.07, 6.45) is 2.10. The Bertz CT molecular complexity index is 410. The van der Waals surface area contributed by atoms with Gasteiger partial charge in [-0.1, -0.05) is 0 Å². The van der Waals surface area contributed by atoms with Crippen molar-refractivity contribution in [1.82, 2.24) is 0 Å². The molecule has 0 radical (unpaired) electrons. The molecular formula is C14H20N2O2. The topological polar surface area (TPSA) is 72.2 Å². The van der Waals surface area contributed by atoms with Crippen LogP contribution in [0.15, 0.2) is 24.3 Å². The van der Waals surface area contributed by atoms with Crippen LogP contribution < -0.4 is 11.1 Å². The van der Waals surface area contributed by atoms with Gasteiger partial charge in [-0.25, -0.2) is 0 Å². The third-order valence-electron chi connectivity index (χ3n) is 2.64. The van der Waals surface area contributed by atoms with E-state index in [2.05, 4.69) is 5.32 Å². The maximum atomic E-state index is 11.6. The van der Waals surface area contributed by atoms with E-state index in [0.717, 1.165) is 12.8 Å². The van der Waals surface area contributed by atoms with Gasteiger partial charge >= 0.3 is 0 Å². The Hall–Kier alpha value is -1.68. The van der Waals surface area contributed by atoms with Crippen LogP contribution >= 0.6 is 0 Å². The van der Waals surface area contributed by atoms with E-state index < -0.39 is 0 Å². The zero-order chi connectivity index (χ0) is 13.5. The highest BCUT2D eigenvalue weighted by molar-refractivity contribution is 5.95. The molecule has 0 aliphatic carbocycles. The fourth-order valence-corrected chi connectivity index (χ4v) is 1.60. The molecule has 0 spiro atoms. The molecule has 98 valence electrons. The molecule has 0 aromatic heterocycles. The Kier molecular flexibility index (Phi) is 5.52. The smallest absolute Gasteiger partial charge is 0.224 e. The van der Waals surface area contributed by atoms with Crippen LogP contribution in [0.1, 0.15) is 43.5 Å². The van der Waals surface area contributed by atoms with E-state index in [-0.39, 0.29) is 17.7 Å². The van der Waals surface area contributed by atoms with Crippen molar-refractivity contribution in [1.29, 1.82) is 0 Å². The molecule has 1 atom stereocenters. The summed E-state index contributed by atoms with van der Waals surface area (Å²) in [4.78, 5) is 22.7. The summed E-state index contributed by atoms with van der Waals surface area (Å²) in [5.74, 6) is -0.00367. The summed E-state index contributed by atoms with van der Waals surface area (Å²) < 4.78 is 0. The first-order valence-corrected chi connectivity index (χ1v) is 6.15. The van der Waals surface area contributed by atoms with Crippen molar-refractivity contribution in [3.8, 4) is 0 Å². The van der Waals surface area contributed by atoms with Gasteiger partial charge in [0.2, 0.25) is 5.91 Å². The molecule has 0 saturated heterocycles. The summed E-state index contributed by atoms with van der Waals surface area (Å²) >= 11 is 0. The molecule has 0 saturated carbocycles. The van der Waals surface area contributed by atoms with Gasteiger partial charge in [-0.15, -0.1) is 0 Å². The number of carbonyl (C=O) groups is 2. The first-order chi connectivity index (χ1) is 8.49. The van der Waals surface area contributed by atoms with Crippen LogP contribution in [0.3, 0.4) is 0 Å². The monoisotopic (exact) mass is 248 g/mol. The SMILES string of the molecule is CC(=O)c1ccc(NC(=O)CCCC(C)N)cc1. The lowest BCUT2D eigenvalue weighted by atomic mass is 10.1. The highest BCUT2D eigenvalue weighted by atomic mass is 16.1. The van der Waals surface area contributed by atoms with E-state index >= 15 is 0 Å². The summed E-state index contributed by atoms with van der Waals surface area (Å²) in [6, 6.07) is 7.02. The van der Waals surface area contributed by atoms with E-state index in [0.29, 0.717) is 17.7 Å². The van der Waals surface area contributed by atoms with E-state index in [4.69, 9.17) is 5.73 Å². The van der Waals surface area contributed by atoms with Crippen LogP contribution in [-0.4, -0.2) is 17.7 Å². The van der Waals surface area contributed by atoms with Gasteiger partial charge in [0, 0.05) is 23.7 Å². The van der Waals surface area contributed by atoms with Gasteiger partial charge in [-0.05, 0) is 51.0 Å². The number of anilines is 1. The van der Waals surface area contributed by atoms with Gasteiger partial charge < -0.3 is 11.1 Å². The van der Waals surface area contributed by atoms with E-state index in [1.807, 2.05) is 6.92 Å².